The number of hydrogen-bond donors (Lipinski definition) is 0. The SMILES string of the molecule is CCCCCC1OC1CC(C)CCCCCCCCC(=O)OC. The third-order valence-corrected chi connectivity index (χ3v) is 4.97. The van der Waals surface area contributed by atoms with E-state index in [0.29, 0.717) is 18.6 Å². The zero-order valence-electron chi connectivity index (χ0n) is 15.6. The summed E-state index contributed by atoms with van der Waals surface area (Å²) in [5.74, 6) is 0.726. The van der Waals surface area contributed by atoms with Gasteiger partial charge in [-0.15, -0.1) is 0 Å². The summed E-state index contributed by atoms with van der Waals surface area (Å²) in [6.45, 7) is 4.63. The average molecular weight is 327 g/mol. The smallest absolute Gasteiger partial charge is 0.305 e. The normalized spacial score (nSPS) is 21.2. The minimum absolute atomic E-state index is 0.0749. The predicted octanol–water partition coefficient (Wildman–Crippen LogP) is 5.65. The number of carbonyl (C=O) groups excluding carboxylic acids is 1. The lowest BCUT2D eigenvalue weighted by Crippen LogP contribution is -2.03. The Balaban J connectivity index is 1.84. The Bertz CT molecular complexity index is 303. The lowest BCUT2D eigenvalue weighted by molar-refractivity contribution is -0.140. The van der Waals surface area contributed by atoms with Crippen LogP contribution in [0.15, 0.2) is 0 Å². The van der Waals surface area contributed by atoms with Crippen LogP contribution in [0.4, 0.5) is 0 Å². The number of unbranched alkanes of at least 4 members (excludes halogenated alkanes) is 7. The molecule has 1 aliphatic rings. The molecule has 1 heterocycles. The lowest BCUT2D eigenvalue weighted by atomic mass is 9.96. The molecule has 3 nitrogen and oxygen atoms in total. The van der Waals surface area contributed by atoms with Crippen LogP contribution in [0.5, 0.6) is 0 Å². The molecule has 1 aliphatic heterocycles. The molecular formula is C20H38O3. The third kappa shape index (κ3) is 10.8. The fourth-order valence-electron chi connectivity index (χ4n) is 3.32. The van der Waals surface area contributed by atoms with Crippen LogP contribution < -0.4 is 0 Å². The summed E-state index contributed by atoms with van der Waals surface area (Å²) in [7, 11) is 1.46. The van der Waals surface area contributed by atoms with Gasteiger partial charge in [0.05, 0.1) is 19.3 Å². The van der Waals surface area contributed by atoms with Crippen molar-refractivity contribution < 1.29 is 14.3 Å². The quantitative estimate of drug-likeness (QED) is 0.222. The second-order valence-corrected chi connectivity index (χ2v) is 7.29. The number of carbonyl (C=O) groups is 1. The molecule has 23 heavy (non-hydrogen) atoms. The molecule has 0 aromatic rings. The van der Waals surface area contributed by atoms with Crippen LogP contribution in [0.2, 0.25) is 0 Å². The van der Waals surface area contributed by atoms with E-state index in [1.54, 1.807) is 0 Å². The summed E-state index contributed by atoms with van der Waals surface area (Å²) in [4.78, 5) is 11.0. The fraction of sp³-hybridized carbons (Fsp3) is 0.950. The molecule has 0 saturated carbocycles. The van der Waals surface area contributed by atoms with E-state index >= 15 is 0 Å². The van der Waals surface area contributed by atoms with E-state index in [-0.39, 0.29) is 5.97 Å². The summed E-state index contributed by atoms with van der Waals surface area (Å²) in [5.41, 5.74) is 0. The minimum atomic E-state index is -0.0749. The van der Waals surface area contributed by atoms with Gasteiger partial charge in [0.2, 0.25) is 0 Å². The van der Waals surface area contributed by atoms with E-state index < -0.39 is 0 Å². The second-order valence-electron chi connectivity index (χ2n) is 7.29. The zero-order valence-corrected chi connectivity index (χ0v) is 15.6. The standard InChI is InChI=1S/C20H38O3/c1-4-5-10-14-18-19(23-18)16-17(2)13-11-8-6-7-9-12-15-20(21)22-3/h17-19H,4-16H2,1-3H3. The van der Waals surface area contributed by atoms with Crippen molar-refractivity contribution in [3.63, 3.8) is 0 Å². The molecule has 0 N–H and O–H groups in total. The Hall–Kier alpha value is -0.570. The van der Waals surface area contributed by atoms with Gasteiger partial charge in [0.25, 0.3) is 0 Å². The summed E-state index contributed by atoms with van der Waals surface area (Å²) in [6.07, 6.45) is 16.9. The maximum Gasteiger partial charge on any atom is 0.305 e. The summed E-state index contributed by atoms with van der Waals surface area (Å²) < 4.78 is 10.4. The number of rotatable bonds is 15. The molecule has 0 bridgehead atoms. The summed E-state index contributed by atoms with van der Waals surface area (Å²) >= 11 is 0. The van der Waals surface area contributed by atoms with Crippen LogP contribution in [-0.4, -0.2) is 25.3 Å². The fourth-order valence-corrected chi connectivity index (χ4v) is 3.32. The topological polar surface area (TPSA) is 38.8 Å². The zero-order chi connectivity index (χ0) is 16.9. The van der Waals surface area contributed by atoms with Crippen LogP contribution >= 0.6 is 0 Å². The molecule has 1 fully saturated rings. The average Bonchev–Trinajstić information content (AvgIpc) is 3.27. The Kier molecular flexibility index (Phi) is 11.4. The van der Waals surface area contributed by atoms with Crippen LogP contribution in [-0.2, 0) is 14.3 Å². The Labute approximate surface area is 143 Å². The number of methoxy groups -OCH3 is 1. The van der Waals surface area contributed by atoms with E-state index in [4.69, 9.17) is 4.74 Å². The molecule has 0 aliphatic carbocycles. The van der Waals surface area contributed by atoms with Crippen LogP contribution in [0.25, 0.3) is 0 Å². The first kappa shape index (κ1) is 20.5. The molecule has 3 heteroatoms. The Morgan fingerprint density at radius 1 is 1.00 bits per heavy atom. The van der Waals surface area contributed by atoms with E-state index in [1.165, 1.54) is 71.3 Å². The number of epoxide rings is 1. The first-order chi connectivity index (χ1) is 11.2. The maximum atomic E-state index is 11.0. The van der Waals surface area contributed by atoms with Crippen LogP contribution in [0, 0.1) is 5.92 Å². The number of ether oxygens (including phenoxy) is 2. The highest BCUT2D eigenvalue weighted by molar-refractivity contribution is 5.68. The highest BCUT2D eigenvalue weighted by Crippen LogP contribution is 2.33. The third-order valence-electron chi connectivity index (χ3n) is 4.97. The van der Waals surface area contributed by atoms with Crippen LogP contribution in [0.1, 0.15) is 97.3 Å². The molecule has 3 unspecified atom stereocenters. The van der Waals surface area contributed by atoms with Gasteiger partial charge in [-0.05, 0) is 25.2 Å². The van der Waals surface area contributed by atoms with E-state index in [2.05, 4.69) is 18.6 Å². The van der Waals surface area contributed by atoms with Crippen molar-refractivity contribution in [2.75, 3.05) is 7.11 Å². The first-order valence-electron chi connectivity index (χ1n) is 9.89. The molecular weight excluding hydrogens is 288 g/mol. The molecule has 1 saturated heterocycles. The van der Waals surface area contributed by atoms with Crippen molar-refractivity contribution in [3.05, 3.63) is 0 Å². The van der Waals surface area contributed by atoms with E-state index in [1.807, 2.05) is 0 Å². The van der Waals surface area contributed by atoms with Gasteiger partial charge in [-0.1, -0.05) is 71.6 Å². The highest BCUT2D eigenvalue weighted by Gasteiger charge is 2.38. The molecule has 0 amide bonds. The van der Waals surface area contributed by atoms with Crippen molar-refractivity contribution in [1.29, 1.82) is 0 Å². The van der Waals surface area contributed by atoms with Crippen molar-refractivity contribution in [2.45, 2.75) is 110 Å². The highest BCUT2D eigenvalue weighted by atomic mass is 16.6. The predicted molar refractivity (Wildman–Crippen MR) is 95.5 cm³/mol. The number of hydrogen-bond acceptors (Lipinski definition) is 3. The van der Waals surface area contributed by atoms with Gasteiger partial charge in [0.1, 0.15) is 0 Å². The Morgan fingerprint density at radius 2 is 1.70 bits per heavy atom. The van der Waals surface area contributed by atoms with Gasteiger partial charge in [0.15, 0.2) is 0 Å². The molecule has 0 aromatic heterocycles. The lowest BCUT2D eigenvalue weighted by Gasteiger charge is -2.09. The summed E-state index contributed by atoms with van der Waals surface area (Å²) in [6, 6.07) is 0. The van der Waals surface area contributed by atoms with Gasteiger partial charge >= 0.3 is 5.97 Å². The molecule has 136 valence electrons. The molecule has 0 radical (unpaired) electrons. The monoisotopic (exact) mass is 326 g/mol. The van der Waals surface area contributed by atoms with Gasteiger partial charge in [-0.2, -0.15) is 0 Å². The molecule has 0 aromatic carbocycles. The van der Waals surface area contributed by atoms with E-state index in [9.17, 15) is 4.79 Å². The van der Waals surface area contributed by atoms with Gasteiger partial charge in [-0.25, -0.2) is 0 Å². The molecule has 1 rings (SSSR count). The van der Waals surface area contributed by atoms with Crippen molar-refractivity contribution in [3.8, 4) is 0 Å². The minimum Gasteiger partial charge on any atom is -0.469 e. The molecule has 3 atom stereocenters. The van der Waals surface area contributed by atoms with Crippen molar-refractivity contribution in [2.24, 2.45) is 5.92 Å². The van der Waals surface area contributed by atoms with E-state index in [0.717, 1.165) is 18.8 Å². The van der Waals surface area contributed by atoms with Crippen LogP contribution in [0.3, 0.4) is 0 Å². The number of esters is 1. The summed E-state index contributed by atoms with van der Waals surface area (Å²) in [5, 5.41) is 0. The second kappa shape index (κ2) is 12.8. The van der Waals surface area contributed by atoms with Crippen molar-refractivity contribution >= 4 is 5.97 Å². The largest absolute Gasteiger partial charge is 0.469 e. The van der Waals surface area contributed by atoms with Gasteiger partial charge in [0, 0.05) is 6.42 Å². The van der Waals surface area contributed by atoms with Gasteiger partial charge < -0.3 is 9.47 Å². The Morgan fingerprint density at radius 3 is 2.39 bits per heavy atom. The van der Waals surface area contributed by atoms with Crippen molar-refractivity contribution in [1.82, 2.24) is 0 Å². The molecule has 0 spiro atoms. The first-order valence-corrected chi connectivity index (χ1v) is 9.89. The maximum absolute atomic E-state index is 11.0. The van der Waals surface area contributed by atoms with Gasteiger partial charge in [-0.3, -0.25) is 4.79 Å².